The number of esters is 1. The summed E-state index contributed by atoms with van der Waals surface area (Å²) in [5.74, 6) is 2.45. The maximum absolute atomic E-state index is 12.3. The molecule has 0 aliphatic heterocycles. The second-order valence-corrected chi connectivity index (χ2v) is 8.41. The van der Waals surface area contributed by atoms with E-state index >= 15 is 0 Å². The quantitative estimate of drug-likeness (QED) is 0.654. The lowest BCUT2D eigenvalue weighted by Crippen LogP contribution is -2.55. The predicted octanol–water partition coefficient (Wildman–Crippen LogP) is 4.55. The van der Waals surface area contributed by atoms with E-state index in [1.54, 1.807) is 18.2 Å². The molecule has 4 fully saturated rings. The Kier molecular flexibility index (Phi) is 3.68. The van der Waals surface area contributed by atoms with Gasteiger partial charge in [0, 0.05) is 0 Å². The molecular formula is C23H24O3. The van der Waals surface area contributed by atoms with Crippen molar-refractivity contribution in [2.75, 3.05) is 0 Å². The Morgan fingerprint density at radius 2 is 1.54 bits per heavy atom. The maximum Gasteiger partial charge on any atom is 0.343 e. The average molecular weight is 348 g/mol. The molecule has 2 aromatic rings. The van der Waals surface area contributed by atoms with Gasteiger partial charge < -0.3 is 9.84 Å². The summed E-state index contributed by atoms with van der Waals surface area (Å²) in [6, 6.07) is 16.6. The van der Waals surface area contributed by atoms with E-state index in [1.807, 2.05) is 36.4 Å². The molecule has 4 aliphatic carbocycles. The lowest BCUT2D eigenvalue weighted by Gasteiger charge is -2.59. The minimum absolute atomic E-state index is 0.346. The number of rotatable bonds is 3. The summed E-state index contributed by atoms with van der Waals surface area (Å²) in [5.41, 5.74) is 0.693. The van der Waals surface area contributed by atoms with Crippen molar-refractivity contribution in [1.29, 1.82) is 0 Å². The fraction of sp³-hybridized carbons (Fsp3) is 0.435. The number of hydrogen-bond acceptors (Lipinski definition) is 3. The molecule has 0 unspecified atom stereocenters. The summed E-state index contributed by atoms with van der Waals surface area (Å²) >= 11 is 0. The number of carbonyl (C=O) groups is 1. The van der Waals surface area contributed by atoms with Gasteiger partial charge >= 0.3 is 5.97 Å². The van der Waals surface area contributed by atoms with E-state index in [0.29, 0.717) is 23.1 Å². The largest absolute Gasteiger partial charge is 0.423 e. The van der Waals surface area contributed by atoms with Gasteiger partial charge in [0.1, 0.15) is 5.75 Å². The molecule has 4 saturated carbocycles. The van der Waals surface area contributed by atoms with Crippen LogP contribution >= 0.6 is 0 Å². The molecule has 0 radical (unpaired) electrons. The molecule has 134 valence electrons. The predicted molar refractivity (Wildman–Crippen MR) is 98.8 cm³/mol. The van der Waals surface area contributed by atoms with Crippen LogP contribution in [0.4, 0.5) is 0 Å². The van der Waals surface area contributed by atoms with E-state index in [0.717, 1.165) is 43.1 Å². The van der Waals surface area contributed by atoms with E-state index in [2.05, 4.69) is 0 Å². The SMILES string of the molecule is O=C(Oc1cccc(C2(O)C3CC4CC(C3)CC2C4)c1)c1ccccc1. The van der Waals surface area contributed by atoms with Crippen molar-refractivity contribution in [3.63, 3.8) is 0 Å². The number of carbonyl (C=O) groups excluding carboxylic acids is 1. The van der Waals surface area contributed by atoms with E-state index < -0.39 is 5.60 Å². The van der Waals surface area contributed by atoms with Crippen LogP contribution in [0, 0.1) is 23.7 Å². The zero-order chi connectivity index (χ0) is 17.7. The van der Waals surface area contributed by atoms with Crippen molar-refractivity contribution in [2.24, 2.45) is 23.7 Å². The van der Waals surface area contributed by atoms with Gasteiger partial charge in [-0.05, 0) is 85.6 Å². The van der Waals surface area contributed by atoms with Crippen molar-refractivity contribution < 1.29 is 14.6 Å². The van der Waals surface area contributed by atoms with Crippen molar-refractivity contribution in [3.8, 4) is 5.75 Å². The summed E-state index contributed by atoms with van der Waals surface area (Å²) < 4.78 is 5.58. The lowest BCUT2D eigenvalue weighted by molar-refractivity contribution is -0.179. The fourth-order valence-corrected chi connectivity index (χ4v) is 5.92. The second-order valence-electron chi connectivity index (χ2n) is 8.41. The van der Waals surface area contributed by atoms with Crippen LogP contribution in [0.1, 0.15) is 48.0 Å². The number of hydrogen-bond donors (Lipinski definition) is 1. The molecule has 1 N–H and O–H groups in total. The molecule has 0 saturated heterocycles. The van der Waals surface area contributed by atoms with Gasteiger partial charge in [0.25, 0.3) is 0 Å². The van der Waals surface area contributed by atoms with Crippen LogP contribution in [0.2, 0.25) is 0 Å². The summed E-state index contributed by atoms with van der Waals surface area (Å²) in [4.78, 5) is 12.3. The third-order valence-electron chi connectivity index (χ3n) is 6.90. The van der Waals surface area contributed by atoms with Gasteiger partial charge in [-0.3, -0.25) is 0 Å². The van der Waals surface area contributed by atoms with E-state index in [1.165, 1.54) is 6.42 Å². The average Bonchev–Trinajstić information content (AvgIpc) is 2.66. The topological polar surface area (TPSA) is 46.5 Å². The Morgan fingerprint density at radius 3 is 2.19 bits per heavy atom. The molecule has 0 spiro atoms. The third kappa shape index (κ3) is 2.49. The zero-order valence-corrected chi connectivity index (χ0v) is 14.8. The van der Waals surface area contributed by atoms with Gasteiger partial charge in [0.15, 0.2) is 0 Å². The normalized spacial score (nSPS) is 34.7. The Morgan fingerprint density at radius 1 is 0.885 bits per heavy atom. The summed E-state index contributed by atoms with van der Waals surface area (Å²) in [5, 5.41) is 11.7. The minimum Gasteiger partial charge on any atom is -0.423 e. The molecule has 0 aromatic heterocycles. The molecule has 0 amide bonds. The van der Waals surface area contributed by atoms with Crippen molar-refractivity contribution in [1.82, 2.24) is 0 Å². The van der Waals surface area contributed by atoms with Crippen LogP contribution in [0.3, 0.4) is 0 Å². The Hall–Kier alpha value is -2.13. The molecule has 26 heavy (non-hydrogen) atoms. The molecule has 6 rings (SSSR count). The number of aliphatic hydroxyl groups is 1. The van der Waals surface area contributed by atoms with E-state index in [-0.39, 0.29) is 5.97 Å². The summed E-state index contributed by atoms with van der Waals surface area (Å²) in [6.45, 7) is 0. The van der Waals surface area contributed by atoms with E-state index in [9.17, 15) is 9.90 Å². The van der Waals surface area contributed by atoms with Crippen LogP contribution < -0.4 is 4.74 Å². The molecule has 0 atom stereocenters. The fourth-order valence-electron chi connectivity index (χ4n) is 5.92. The first-order valence-electron chi connectivity index (χ1n) is 9.73. The van der Waals surface area contributed by atoms with Gasteiger partial charge in [-0.25, -0.2) is 4.79 Å². The highest BCUT2D eigenvalue weighted by molar-refractivity contribution is 5.90. The third-order valence-corrected chi connectivity index (χ3v) is 6.90. The summed E-state index contributed by atoms with van der Waals surface area (Å²) in [6.07, 6.45) is 5.90. The van der Waals surface area contributed by atoms with Gasteiger partial charge in [-0.2, -0.15) is 0 Å². The zero-order valence-electron chi connectivity index (χ0n) is 14.8. The van der Waals surface area contributed by atoms with Crippen LogP contribution in [-0.4, -0.2) is 11.1 Å². The van der Waals surface area contributed by atoms with Crippen molar-refractivity contribution in [3.05, 3.63) is 65.7 Å². The van der Waals surface area contributed by atoms with Crippen LogP contribution in [0.5, 0.6) is 5.75 Å². The molecule has 0 heterocycles. The smallest absolute Gasteiger partial charge is 0.343 e. The van der Waals surface area contributed by atoms with Crippen LogP contribution in [0.15, 0.2) is 54.6 Å². The molecule has 2 aromatic carbocycles. The van der Waals surface area contributed by atoms with Crippen molar-refractivity contribution >= 4 is 5.97 Å². The Bertz CT molecular complexity index is 798. The summed E-state index contributed by atoms with van der Waals surface area (Å²) in [7, 11) is 0. The minimum atomic E-state index is -0.761. The Labute approximate surface area is 154 Å². The Balaban J connectivity index is 1.42. The number of benzene rings is 2. The highest BCUT2D eigenvalue weighted by atomic mass is 16.5. The van der Waals surface area contributed by atoms with Gasteiger partial charge in [0.2, 0.25) is 0 Å². The van der Waals surface area contributed by atoms with Gasteiger partial charge in [0.05, 0.1) is 11.2 Å². The molecular weight excluding hydrogens is 324 g/mol. The molecule has 4 aliphatic rings. The lowest BCUT2D eigenvalue weighted by atomic mass is 9.48. The highest BCUT2D eigenvalue weighted by Crippen LogP contribution is 2.61. The first-order valence-corrected chi connectivity index (χ1v) is 9.73. The molecule has 3 heteroatoms. The van der Waals surface area contributed by atoms with Gasteiger partial charge in [-0.15, -0.1) is 0 Å². The van der Waals surface area contributed by atoms with Gasteiger partial charge in [-0.1, -0.05) is 30.3 Å². The van der Waals surface area contributed by atoms with E-state index in [4.69, 9.17) is 4.74 Å². The number of ether oxygens (including phenoxy) is 1. The highest BCUT2D eigenvalue weighted by Gasteiger charge is 2.57. The first kappa shape index (κ1) is 16.1. The standard InChI is InChI=1S/C23H24O3/c24-22(17-5-2-1-3-6-17)26-21-8-4-7-18(14-21)23(25)19-10-15-9-16(12-19)13-20(23)11-15/h1-8,14-16,19-20,25H,9-13H2. The molecule has 3 nitrogen and oxygen atoms in total. The van der Waals surface area contributed by atoms with Crippen LogP contribution in [0.25, 0.3) is 0 Å². The van der Waals surface area contributed by atoms with Crippen LogP contribution in [-0.2, 0) is 5.60 Å². The van der Waals surface area contributed by atoms with Crippen molar-refractivity contribution in [2.45, 2.75) is 37.7 Å². The second kappa shape index (κ2) is 5.95. The maximum atomic E-state index is 12.3. The monoisotopic (exact) mass is 348 g/mol. The molecule has 4 bridgehead atoms. The first-order chi connectivity index (χ1) is 12.6.